The first-order valence-corrected chi connectivity index (χ1v) is 11.0. The molecule has 6 nitrogen and oxygen atoms in total. The molecule has 1 N–H and O–H groups in total. The third kappa shape index (κ3) is 4.00. The maximum atomic E-state index is 13.2. The van der Waals surface area contributed by atoms with Gasteiger partial charge in [0, 0.05) is 24.4 Å². The lowest BCUT2D eigenvalue weighted by molar-refractivity contribution is -0.166. The van der Waals surface area contributed by atoms with Crippen LogP contribution in [-0.4, -0.2) is 63.5 Å². The highest BCUT2D eigenvalue weighted by atomic mass is 19.1. The van der Waals surface area contributed by atoms with Crippen LogP contribution in [0.2, 0.25) is 0 Å². The van der Waals surface area contributed by atoms with Crippen molar-refractivity contribution in [2.75, 3.05) is 19.7 Å². The lowest BCUT2D eigenvalue weighted by atomic mass is 9.73. The van der Waals surface area contributed by atoms with E-state index in [2.05, 4.69) is 4.98 Å². The van der Waals surface area contributed by atoms with E-state index in [-0.39, 0.29) is 55.2 Å². The summed E-state index contributed by atoms with van der Waals surface area (Å²) in [6, 6.07) is 19.2. The number of carbonyl (C=O) groups is 2. The molecule has 1 aromatic heterocycles. The Kier molecular flexibility index (Phi) is 5.64. The van der Waals surface area contributed by atoms with E-state index in [1.165, 1.54) is 12.1 Å². The summed E-state index contributed by atoms with van der Waals surface area (Å²) in [6.07, 6.45) is 1.80. The maximum absolute atomic E-state index is 13.2. The van der Waals surface area contributed by atoms with E-state index in [4.69, 9.17) is 0 Å². The summed E-state index contributed by atoms with van der Waals surface area (Å²) >= 11 is 0. The van der Waals surface area contributed by atoms with Gasteiger partial charge in [-0.15, -0.1) is 0 Å². The molecule has 2 aromatic carbocycles. The summed E-state index contributed by atoms with van der Waals surface area (Å²) in [7, 11) is 0. The first-order chi connectivity index (χ1) is 16.0. The second kappa shape index (κ2) is 8.75. The van der Waals surface area contributed by atoms with Gasteiger partial charge < -0.3 is 14.9 Å². The number of halogens is 1. The fourth-order valence-corrected chi connectivity index (χ4v) is 5.00. The number of aromatic nitrogens is 1. The molecular formula is C26H24FN3O3. The van der Waals surface area contributed by atoms with Crippen molar-refractivity contribution in [3.8, 4) is 11.1 Å². The Balaban J connectivity index is 1.34. The normalized spacial score (nSPS) is 22.0. The fourth-order valence-electron chi connectivity index (χ4n) is 5.00. The van der Waals surface area contributed by atoms with Gasteiger partial charge in [-0.1, -0.05) is 42.5 Å². The monoisotopic (exact) mass is 445 g/mol. The quantitative estimate of drug-likeness (QED) is 0.655. The van der Waals surface area contributed by atoms with Crippen molar-refractivity contribution in [2.45, 2.75) is 24.4 Å². The van der Waals surface area contributed by atoms with Crippen LogP contribution in [0.1, 0.15) is 17.2 Å². The molecule has 3 atom stereocenters. The van der Waals surface area contributed by atoms with Crippen molar-refractivity contribution in [3.05, 3.63) is 90.0 Å². The van der Waals surface area contributed by atoms with E-state index in [1.54, 1.807) is 40.3 Å². The lowest BCUT2D eigenvalue weighted by Crippen LogP contribution is -2.73. The second-order valence-corrected chi connectivity index (χ2v) is 8.55. The summed E-state index contributed by atoms with van der Waals surface area (Å²) in [5, 5.41) is 9.98. The van der Waals surface area contributed by atoms with E-state index < -0.39 is 0 Å². The van der Waals surface area contributed by atoms with Crippen molar-refractivity contribution >= 4 is 11.8 Å². The standard InChI is InChI=1S/C26H24FN3O3/c27-20-10-8-18(9-11-20)17-4-6-19(7-5-17)26-22-14-29(15-25(33)30(22)23(26)16-31)24(32)13-21-3-1-2-12-28-21/h1-12,22-23,26,31H,13-16H2/t22-,23-,26+/m1/s1. The predicted octanol–water partition coefficient (Wildman–Crippen LogP) is 2.63. The predicted molar refractivity (Wildman–Crippen MR) is 121 cm³/mol. The molecule has 2 saturated heterocycles. The number of benzene rings is 2. The van der Waals surface area contributed by atoms with Crippen LogP contribution in [0.3, 0.4) is 0 Å². The summed E-state index contributed by atoms with van der Waals surface area (Å²) in [5.74, 6) is -0.607. The number of piperazine rings is 1. The van der Waals surface area contributed by atoms with E-state index in [9.17, 15) is 19.1 Å². The fraction of sp³-hybridized carbons (Fsp3) is 0.269. The topological polar surface area (TPSA) is 73.7 Å². The molecule has 3 heterocycles. The molecule has 33 heavy (non-hydrogen) atoms. The Morgan fingerprint density at radius 3 is 2.36 bits per heavy atom. The lowest BCUT2D eigenvalue weighted by Gasteiger charge is -2.58. The van der Waals surface area contributed by atoms with Gasteiger partial charge in [-0.3, -0.25) is 14.6 Å². The van der Waals surface area contributed by atoms with E-state index >= 15 is 0 Å². The molecule has 0 radical (unpaired) electrons. The third-order valence-electron chi connectivity index (χ3n) is 6.64. The minimum atomic E-state index is -0.299. The van der Waals surface area contributed by atoms with E-state index in [1.807, 2.05) is 30.3 Å². The highest BCUT2D eigenvalue weighted by Crippen LogP contribution is 2.43. The summed E-state index contributed by atoms with van der Waals surface area (Å²) in [4.78, 5) is 33.2. The molecule has 2 amide bonds. The van der Waals surface area contributed by atoms with Gasteiger partial charge in [-0.05, 0) is 41.0 Å². The van der Waals surface area contributed by atoms with Crippen LogP contribution in [-0.2, 0) is 16.0 Å². The Morgan fingerprint density at radius 1 is 1.03 bits per heavy atom. The zero-order valence-corrected chi connectivity index (χ0v) is 18.0. The van der Waals surface area contributed by atoms with Gasteiger partial charge in [0.2, 0.25) is 11.8 Å². The smallest absolute Gasteiger partial charge is 0.242 e. The SMILES string of the molecule is O=C(Cc1ccccn1)N1CC(=O)N2[C@H](CO)[C@@H](c3ccc(-c4ccc(F)cc4)cc3)[C@H]2C1. The summed E-state index contributed by atoms with van der Waals surface area (Å²) in [6.45, 7) is 0.321. The Morgan fingerprint density at radius 2 is 1.73 bits per heavy atom. The molecule has 0 unspecified atom stereocenters. The molecule has 2 aliphatic rings. The number of carbonyl (C=O) groups excluding carboxylic acids is 2. The molecule has 3 aromatic rings. The third-order valence-corrected chi connectivity index (χ3v) is 6.64. The van der Waals surface area contributed by atoms with E-state index in [0.29, 0.717) is 12.2 Å². The molecule has 0 aliphatic carbocycles. The summed E-state index contributed by atoms with van der Waals surface area (Å²) < 4.78 is 13.2. The minimum Gasteiger partial charge on any atom is -0.394 e. The first kappa shape index (κ1) is 21.3. The van der Waals surface area contributed by atoms with Gasteiger partial charge >= 0.3 is 0 Å². The number of aliphatic hydroxyl groups is 1. The van der Waals surface area contributed by atoms with Crippen molar-refractivity contribution in [1.82, 2.24) is 14.8 Å². The van der Waals surface area contributed by atoms with Crippen LogP contribution < -0.4 is 0 Å². The van der Waals surface area contributed by atoms with E-state index in [0.717, 1.165) is 16.7 Å². The van der Waals surface area contributed by atoms with Gasteiger partial charge in [0.1, 0.15) is 5.82 Å². The zero-order valence-electron chi connectivity index (χ0n) is 18.0. The highest BCUT2D eigenvalue weighted by molar-refractivity contribution is 5.88. The summed E-state index contributed by atoms with van der Waals surface area (Å²) in [5.41, 5.74) is 3.55. The van der Waals surface area contributed by atoms with Crippen molar-refractivity contribution in [1.29, 1.82) is 0 Å². The number of nitrogens with zero attached hydrogens (tertiary/aromatic N) is 3. The second-order valence-electron chi connectivity index (χ2n) is 8.55. The molecule has 2 fully saturated rings. The molecule has 0 saturated carbocycles. The average Bonchev–Trinajstić information content (AvgIpc) is 2.82. The Hall–Kier alpha value is -3.58. The highest BCUT2D eigenvalue weighted by Gasteiger charge is 2.54. The van der Waals surface area contributed by atoms with Gasteiger partial charge in [-0.25, -0.2) is 4.39 Å². The molecule has 168 valence electrons. The van der Waals surface area contributed by atoms with Crippen LogP contribution in [0.5, 0.6) is 0 Å². The number of pyridine rings is 1. The number of rotatable bonds is 5. The van der Waals surface area contributed by atoms with Crippen LogP contribution in [0.25, 0.3) is 11.1 Å². The van der Waals surface area contributed by atoms with Crippen LogP contribution in [0.15, 0.2) is 72.9 Å². The average molecular weight is 445 g/mol. The number of hydrogen-bond acceptors (Lipinski definition) is 4. The zero-order chi connectivity index (χ0) is 22.9. The molecule has 0 bridgehead atoms. The molecular weight excluding hydrogens is 421 g/mol. The van der Waals surface area contributed by atoms with Crippen molar-refractivity contribution < 1.29 is 19.1 Å². The number of amides is 2. The van der Waals surface area contributed by atoms with Gasteiger partial charge in [0.15, 0.2) is 0 Å². The maximum Gasteiger partial charge on any atom is 0.242 e. The van der Waals surface area contributed by atoms with Gasteiger partial charge in [0.05, 0.1) is 31.7 Å². The Labute approximate surface area is 191 Å². The largest absolute Gasteiger partial charge is 0.394 e. The van der Waals surface area contributed by atoms with Crippen LogP contribution in [0, 0.1) is 5.82 Å². The van der Waals surface area contributed by atoms with Gasteiger partial charge in [0.25, 0.3) is 0 Å². The molecule has 5 rings (SSSR count). The Bertz CT molecular complexity index is 1150. The van der Waals surface area contributed by atoms with Crippen molar-refractivity contribution in [3.63, 3.8) is 0 Å². The van der Waals surface area contributed by atoms with Gasteiger partial charge in [-0.2, -0.15) is 0 Å². The first-order valence-electron chi connectivity index (χ1n) is 11.0. The van der Waals surface area contributed by atoms with Crippen LogP contribution in [0.4, 0.5) is 4.39 Å². The van der Waals surface area contributed by atoms with Crippen molar-refractivity contribution in [2.24, 2.45) is 0 Å². The molecule has 7 heteroatoms. The number of hydrogen-bond donors (Lipinski definition) is 1. The molecule has 2 aliphatic heterocycles. The number of aliphatic hydroxyl groups excluding tert-OH is 1. The number of fused-ring (bicyclic) bond motifs is 1. The molecule has 0 spiro atoms. The minimum absolute atomic E-state index is 0.0227. The van der Waals surface area contributed by atoms with Crippen LogP contribution >= 0.6 is 0 Å².